The van der Waals surface area contributed by atoms with Gasteiger partial charge in [0.25, 0.3) is 5.91 Å². The minimum atomic E-state index is -1.01. The number of rotatable bonds is 3. The van der Waals surface area contributed by atoms with Gasteiger partial charge in [0.05, 0.1) is 16.1 Å². The molecule has 2 rings (SSSR count). The first-order valence-corrected chi connectivity index (χ1v) is 6.09. The number of halogens is 1. The summed E-state index contributed by atoms with van der Waals surface area (Å²) in [5.74, 6) is -1.30. The normalized spacial score (nSPS) is 10.1. The zero-order valence-corrected chi connectivity index (χ0v) is 11.3. The second-order valence-electron chi connectivity index (χ2n) is 4.07. The number of anilines is 1. The van der Waals surface area contributed by atoms with Crippen LogP contribution in [-0.4, -0.2) is 29.0 Å². The maximum atomic E-state index is 12.3. The van der Waals surface area contributed by atoms with Crippen LogP contribution in [0.15, 0.2) is 42.7 Å². The van der Waals surface area contributed by atoms with E-state index in [1.807, 2.05) is 0 Å². The zero-order valence-electron chi connectivity index (χ0n) is 10.6. The molecule has 6 heteroatoms. The van der Waals surface area contributed by atoms with E-state index in [4.69, 9.17) is 16.7 Å². The summed E-state index contributed by atoms with van der Waals surface area (Å²) in [6, 6.07) is 7.55. The molecular formula is C14H11ClN2O3. The smallest absolute Gasteiger partial charge is 0.335 e. The van der Waals surface area contributed by atoms with Crippen molar-refractivity contribution in [2.45, 2.75) is 0 Å². The number of benzene rings is 1. The minimum absolute atomic E-state index is 0.163. The molecule has 0 fully saturated rings. The summed E-state index contributed by atoms with van der Waals surface area (Å²) in [5.41, 5.74) is 1.08. The molecule has 0 saturated heterocycles. The van der Waals surface area contributed by atoms with Crippen LogP contribution in [0.4, 0.5) is 5.69 Å². The predicted octanol–water partition coefficient (Wildman–Crippen LogP) is 2.71. The maximum absolute atomic E-state index is 12.3. The number of pyridine rings is 1. The molecule has 0 spiro atoms. The standard InChI is InChI=1S/C14H11ClN2O3/c1-17(10-4-2-9(3-5-10)14(19)20)13(18)11-6-7-16-8-12(11)15/h2-8H,1H3,(H,19,20). The second-order valence-corrected chi connectivity index (χ2v) is 4.48. The summed E-state index contributed by atoms with van der Waals surface area (Å²) in [6.45, 7) is 0. The van der Waals surface area contributed by atoms with Crippen LogP contribution in [-0.2, 0) is 0 Å². The van der Waals surface area contributed by atoms with Crippen molar-refractivity contribution in [2.24, 2.45) is 0 Å². The highest BCUT2D eigenvalue weighted by atomic mass is 35.5. The van der Waals surface area contributed by atoms with Crippen LogP contribution < -0.4 is 4.90 Å². The van der Waals surface area contributed by atoms with Crippen LogP contribution in [0.1, 0.15) is 20.7 Å². The zero-order chi connectivity index (χ0) is 14.7. The fourth-order valence-electron chi connectivity index (χ4n) is 1.67. The van der Waals surface area contributed by atoms with E-state index in [-0.39, 0.29) is 16.5 Å². The Hall–Kier alpha value is -2.40. The van der Waals surface area contributed by atoms with Crippen LogP contribution in [0.5, 0.6) is 0 Å². The lowest BCUT2D eigenvalue weighted by Crippen LogP contribution is -2.26. The molecule has 2 aromatic rings. The summed E-state index contributed by atoms with van der Waals surface area (Å²) in [4.78, 5) is 28.3. The topological polar surface area (TPSA) is 70.5 Å². The molecule has 0 aliphatic carbocycles. The monoisotopic (exact) mass is 290 g/mol. The summed E-state index contributed by atoms with van der Waals surface area (Å²) >= 11 is 5.93. The highest BCUT2D eigenvalue weighted by Gasteiger charge is 2.16. The first-order valence-electron chi connectivity index (χ1n) is 5.71. The Kier molecular flexibility index (Phi) is 4.00. The van der Waals surface area contributed by atoms with Crippen molar-refractivity contribution in [3.05, 3.63) is 58.9 Å². The van der Waals surface area contributed by atoms with Gasteiger partial charge in [-0.05, 0) is 30.3 Å². The average molecular weight is 291 g/mol. The van der Waals surface area contributed by atoms with Crippen molar-refractivity contribution in [2.75, 3.05) is 11.9 Å². The number of carbonyl (C=O) groups excluding carboxylic acids is 1. The number of carboxylic acid groups (broad SMARTS) is 1. The number of amides is 1. The molecule has 0 aliphatic heterocycles. The number of carbonyl (C=O) groups is 2. The van der Waals surface area contributed by atoms with Crippen molar-refractivity contribution >= 4 is 29.2 Å². The lowest BCUT2D eigenvalue weighted by molar-refractivity contribution is 0.0696. The van der Waals surface area contributed by atoms with E-state index < -0.39 is 5.97 Å². The fraction of sp³-hybridized carbons (Fsp3) is 0.0714. The molecule has 1 aromatic heterocycles. The third-order valence-electron chi connectivity index (χ3n) is 2.81. The molecule has 102 valence electrons. The number of nitrogens with zero attached hydrogens (tertiary/aromatic N) is 2. The number of hydrogen-bond acceptors (Lipinski definition) is 3. The molecule has 5 nitrogen and oxygen atoms in total. The van der Waals surface area contributed by atoms with E-state index in [1.54, 1.807) is 19.2 Å². The molecule has 1 heterocycles. The van der Waals surface area contributed by atoms with E-state index in [0.29, 0.717) is 11.3 Å². The molecule has 20 heavy (non-hydrogen) atoms. The highest BCUT2D eigenvalue weighted by molar-refractivity contribution is 6.34. The van der Waals surface area contributed by atoms with Gasteiger partial charge < -0.3 is 10.0 Å². The number of carboxylic acids is 1. The number of aromatic carboxylic acids is 1. The Morgan fingerprint density at radius 2 is 1.85 bits per heavy atom. The van der Waals surface area contributed by atoms with Gasteiger partial charge in [0.2, 0.25) is 0 Å². The first-order chi connectivity index (χ1) is 9.50. The third kappa shape index (κ3) is 2.78. The van der Waals surface area contributed by atoms with Gasteiger partial charge in [-0.1, -0.05) is 11.6 Å². The maximum Gasteiger partial charge on any atom is 0.335 e. The lowest BCUT2D eigenvalue weighted by Gasteiger charge is -2.18. The van der Waals surface area contributed by atoms with Crippen molar-refractivity contribution < 1.29 is 14.7 Å². The van der Waals surface area contributed by atoms with Gasteiger partial charge in [-0.3, -0.25) is 9.78 Å². The molecule has 1 N–H and O–H groups in total. The van der Waals surface area contributed by atoms with Crippen molar-refractivity contribution in [1.82, 2.24) is 4.98 Å². The van der Waals surface area contributed by atoms with Gasteiger partial charge in [-0.25, -0.2) is 4.79 Å². The van der Waals surface area contributed by atoms with Crippen molar-refractivity contribution in [3.8, 4) is 0 Å². The van der Waals surface area contributed by atoms with Crippen LogP contribution in [0.25, 0.3) is 0 Å². The predicted molar refractivity (Wildman–Crippen MR) is 75.4 cm³/mol. The highest BCUT2D eigenvalue weighted by Crippen LogP contribution is 2.20. The number of hydrogen-bond donors (Lipinski definition) is 1. The molecule has 0 unspecified atom stereocenters. The Labute approximate surface area is 120 Å². The molecule has 0 atom stereocenters. The van der Waals surface area contributed by atoms with E-state index in [9.17, 15) is 9.59 Å². The molecule has 1 aromatic carbocycles. The summed E-state index contributed by atoms with van der Waals surface area (Å²) in [6.07, 6.45) is 2.89. The SMILES string of the molecule is CN(C(=O)c1ccncc1Cl)c1ccc(C(=O)O)cc1. The van der Waals surface area contributed by atoms with Crippen molar-refractivity contribution in [1.29, 1.82) is 0 Å². The van der Waals surface area contributed by atoms with Crippen LogP contribution >= 0.6 is 11.6 Å². The van der Waals surface area contributed by atoms with Crippen LogP contribution in [0.2, 0.25) is 5.02 Å². The molecule has 0 saturated carbocycles. The fourth-order valence-corrected chi connectivity index (χ4v) is 1.87. The third-order valence-corrected chi connectivity index (χ3v) is 3.11. The van der Waals surface area contributed by atoms with Crippen LogP contribution in [0, 0.1) is 0 Å². The van der Waals surface area contributed by atoms with Crippen molar-refractivity contribution in [3.63, 3.8) is 0 Å². The lowest BCUT2D eigenvalue weighted by atomic mass is 10.2. The van der Waals surface area contributed by atoms with Gasteiger partial charge >= 0.3 is 5.97 Å². The first kappa shape index (κ1) is 14.0. The molecule has 1 amide bonds. The largest absolute Gasteiger partial charge is 0.478 e. The summed E-state index contributed by atoms with van der Waals surface area (Å²) in [5, 5.41) is 9.10. The second kappa shape index (κ2) is 5.71. The molecule has 0 radical (unpaired) electrons. The Bertz CT molecular complexity index is 656. The molecule has 0 bridgehead atoms. The molecular weight excluding hydrogens is 280 g/mol. The van der Waals surface area contributed by atoms with Gasteiger partial charge in [-0.15, -0.1) is 0 Å². The summed E-state index contributed by atoms with van der Waals surface area (Å²) < 4.78 is 0. The Balaban J connectivity index is 2.27. The van der Waals surface area contributed by atoms with E-state index >= 15 is 0 Å². The van der Waals surface area contributed by atoms with E-state index in [0.717, 1.165) is 0 Å². The van der Waals surface area contributed by atoms with Crippen LogP contribution in [0.3, 0.4) is 0 Å². The minimum Gasteiger partial charge on any atom is -0.478 e. The quantitative estimate of drug-likeness (QED) is 0.943. The Morgan fingerprint density at radius 1 is 1.20 bits per heavy atom. The average Bonchev–Trinajstić information content (AvgIpc) is 2.46. The molecule has 0 aliphatic rings. The number of aromatic nitrogens is 1. The van der Waals surface area contributed by atoms with Gasteiger partial charge in [0, 0.05) is 25.1 Å². The summed E-state index contributed by atoms with van der Waals surface area (Å²) in [7, 11) is 1.59. The van der Waals surface area contributed by atoms with Gasteiger partial charge in [0.15, 0.2) is 0 Å². The Morgan fingerprint density at radius 3 is 2.40 bits per heavy atom. The van der Waals surface area contributed by atoms with E-state index in [2.05, 4.69) is 4.98 Å². The van der Waals surface area contributed by atoms with E-state index in [1.165, 1.54) is 35.5 Å². The van der Waals surface area contributed by atoms with Gasteiger partial charge in [0.1, 0.15) is 0 Å². The van der Waals surface area contributed by atoms with Gasteiger partial charge in [-0.2, -0.15) is 0 Å².